The number of nitrogens with zero attached hydrogens (tertiary/aromatic N) is 2. The Balaban J connectivity index is 1.33. The Kier molecular flexibility index (Phi) is 4.48. The number of anilines is 2. The van der Waals surface area contributed by atoms with Crippen LogP contribution in [0.2, 0.25) is 0 Å². The fraction of sp³-hybridized carbons (Fsp3) is 0.261. The number of hydrogen-bond donors (Lipinski definition) is 1. The maximum atomic E-state index is 12.6. The molecule has 2 amide bonds. The van der Waals surface area contributed by atoms with E-state index in [0.717, 1.165) is 22.5 Å². The van der Waals surface area contributed by atoms with E-state index in [1.807, 2.05) is 49.6 Å². The molecule has 8 heteroatoms. The molecule has 5 rings (SSSR count). The molecule has 0 saturated heterocycles. The molecule has 31 heavy (non-hydrogen) atoms. The number of para-hydroxylation sites is 2. The number of amides is 2. The first-order valence-electron chi connectivity index (χ1n) is 9.92. The molecule has 1 atom stereocenters. The van der Waals surface area contributed by atoms with Crippen LogP contribution in [0.25, 0.3) is 11.3 Å². The number of thiazole rings is 1. The molecule has 0 aliphatic carbocycles. The van der Waals surface area contributed by atoms with Crippen molar-refractivity contribution >= 4 is 34.0 Å². The van der Waals surface area contributed by atoms with Gasteiger partial charge in [-0.15, -0.1) is 11.3 Å². The lowest BCUT2D eigenvalue weighted by Crippen LogP contribution is -2.40. The quantitative estimate of drug-likeness (QED) is 0.676. The molecule has 3 aromatic rings. The van der Waals surface area contributed by atoms with Gasteiger partial charge in [0, 0.05) is 23.7 Å². The molecule has 1 N–H and O–H groups in total. The predicted molar refractivity (Wildman–Crippen MR) is 119 cm³/mol. The highest BCUT2D eigenvalue weighted by atomic mass is 32.1. The van der Waals surface area contributed by atoms with Gasteiger partial charge in [0.05, 0.1) is 11.1 Å². The summed E-state index contributed by atoms with van der Waals surface area (Å²) in [5.41, 5.74) is 2.95. The third-order valence-corrected chi connectivity index (χ3v) is 6.46. The molecule has 0 spiro atoms. The van der Waals surface area contributed by atoms with E-state index in [-0.39, 0.29) is 18.4 Å². The van der Waals surface area contributed by atoms with Crippen molar-refractivity contribution in [3.8, 4) is 22.8 Å². The fourth-order valence-corrected chi connectivity index (χ4v) is 4.65. The zero-order valence-electron chi connectivity index (χ0n) is 17.3. The molecule has 0 saturated carbocycles. The lowest BCUT2D eigenvalue weighted by molar-refractivity contribution is -0.125. The SMILES string of the molecule is CN1C(=O)C(C)(C)c2cc(-c3csc(NC(=O)C4COc5ccccc5O4)n3)ccc21. The number of carbonyl (C=O) groups excluding carboxylic acids is 2. The highest BCUT2D eigenvalue weighted by Crippen LogP contribution is 2.42. The van der Waals surface area contributed by atoms with E-state index in [9.17, 15) is 9.59 Å². The second-order valence-corrected chi connectivity index (χ2v) is 8.97. The molecule has 2 aromatic carbocycles. The van der Waals surface area contributed by atoms with Gasteiger partial charge < -0.3 is 14.4 Å². The average molecular weight is 436 g/mol. The van der Waals surface area contributed by atoms with Crippen molar-refractivity contribution < 1.29 is 19.1 Å². The normalized spacial score (nSPS) is 18.6. The molecule has 0 bridgehead atoms. The van der Waals surface area contributed by atoms with Crippen LogP contribution in [0, 0.1) is 0 Å². The van der Waals surface area contributed by atoms with Crippen LogP contribution < -0.4 is 19.7 Å². The molecule has 158 valence electrons. The molecule has 0 radical (unpaired) electrons. The minimum atomic E-state index is -0.746. The summed E-state index contributed by atoms with van der Waals surface area (Å²) in [7, 11) is 1.79. The Labute approximate surface area is 183 Å². The zero-order chi connectivity index (χ0) is 21.8. The third-order valence-electron chi connectivity index (χ3n) is 5.70. The van der Waals surface area contributed by atoms with Crippen LogP contribution in [0.4, 0.5) is 10.8 Å². The van der Waals surface area contributed by atoms with Crippen molar-refractivity contribution in [1.29, 1.82) is 0 Å². The number of benzene rings is 2. The largest absolute Gasteiger partial charge is 0.485 e. The van der Waals surface area contributed by atoms with Gasteiger partial charge in [0.25, 0.3) is 5.91 Å². The number of hydrogen-bond acceptors (Lipinski definition) is 6. The molecule has 0 fully saturated rings. The van der Waals surface area contributed by atoms with E-state index in [1.165, 1.54) is 11.3 Å². The Morgan fingerprint density at radius 2 is 2.00 bits per heavy atom. The van der Waals surface area contributed by atoms with Gasteiger partial charge in [0.1, 0.15) is 6.61 Å². The fourth-order valence-electron chi connectivity index (χ4n) is 3.93. The van der Waals surface area contributed by atoms with Gasteiger partial charge in [-0.25, -0.2) is 4.98 Å². The Morgan fingerprint density at radius 1 is 1.23 bits per heavy atom. The van der Waals surface area contributed by atoms with E-state index < -0.39 is 11.5 Å². The predicted octanol–water partition coefficient (Wildman–Crippen LogP) is 3.84. The van der Waals surface area contributed by atoms with Crippen LogP contribution in [0.15, 0.2) is 47.8 Å². The summed E-state index contributed by atoms with van der Waals surface area (Å²) in [6.45, 7) is 4.00. The first kappa shape index (κ1) is 19.6. The van der Waals surface area contributed by atoms with Crippen molar-refractivity contribution in [1.82, 2.24) is 4.98 Å². The van der Waals surface area contributed by atoms with Gasteiger partial charge in [-0.05, 0) is 43.7 Å². The number of carbonyl (C=O) groups is 2. The molecule has 1 aromatic heterocycles. The third kappa shape index (κ3) is 3.23. The van der Waals surface area contributed by atoms with E-state index in [2.05, 4.69) is 10.3 Å². The second kappa shape index (κ2) is 7.09. The Bertz CT molecular complexity index is 1200. The molecule has 3 heterocycles. The number of rotatable bonds is 3. The standard InChI is InChI=1S/C23H21N3O4S/c1-23(2)14-10-13(8-9-16(14)26(3)21(23)28)15-12-31-22(24-15)25-20(27)19-11-29-17-6-4-5-7-18(17)30-19/h4-10,12,19H,11H2,1-3H3,(H,24,25,27). The summed E-state index contributed by atoms with van der Waals surface area (Å²) >= 11 is 1.34. The van der Waals surface area contributed by atoms with Gasteiger partial charge in [-0.3, -0.25) is 14.9 Å². The minimum Gasteiger partial charge on any atom is -0.485 e. The summed E-state index contributed by atoms with van der Waals surface area (Å²) in [5, 5.41) is 5.19. The Hall–Kier alpha value is -3.39. The van der Waals surface area contributed by atoms with Gasteiger partial charge in [-0.2, -0.15) is 0 Å². The van der Waals surface area contributed by atoms with E-state index >= 15 is 0 Å². The van der Waals surface area contributed by atoms with Gasteiger partial charge in [-0.1, -0.05) is 18.2 Å². The van der Waals surface area contributed by atoms with Gasteiger partial charge in [0.2, 0.25) is 12.0 Å². The lowest BCUT2D eigenvalue weighted by atomic mass is 9.85. The number of aromatic nitrogens is 1. The number of ether oxygens (including phenoxy) is 2. The number of nitrogens with one attached hydrogen (secondary N) is 1. The smallest absolute Gasteiger partial charge is 0.270 e. The molecule has 1 unspecified atom stereocenters. The molecule has 2 aliphatic heterocycles. The van der Waals surface area contributed by atoms with Crippen molar-refractivity contribution in [2.75, 3.05) is 23.9 Å². The molecular weight excluding hydrogens is 414 g/mol. The summed E-state index contributed by atoms with van der Waals surface area (Å²) in [5.74, 6) is 0.945. The van der Waals surface area contributed by atoms with Crippen LogP contribution in [0.5, 0.6) is 11.5 Å². The summed E-state index contributed by atoms with van der Waals surface area (Å²) in [6, 6.07) is 13.2. The first-order valence-corrected chi connectivity index (χ1v) is 10.8. The van der Waals surface area contributed by atoms with Crippen LogP contribution in [0.1, 0.15) is 19.4 Å². The van der Waals surface area contributed by atoms with Gasteiger partial charge in [0.15, 0.2) is 16.6 Å². The lowest BCUT2D eigenvalue weighted by Gasteiger charge is -2.25. The minimum absolute atomic E-state index is 0.0714. The zero-order valence-corrected chi connectivity index (χ0v) is 18.2. The average Bonchev–Trinajstić information content (AvgIpc) is 3.31. The first-order chi connectivity index (χ1) is 14.8. The number of likely N-dealkylation sites (N-methyl/N-ethyl adjacent to an activating group) is 1. The van der Waals surface area contributed by atoms with Crippen molar-refractivity contribution in [3.63, 3.8) is 0 Å². The van der Waals surface area contributed by atoms with Crippen LogP contribution >= 0.6 is 11.3 Å². The van der Waals surface area contributed by atoms with Crippen molar-refractivity contribution in [2.24, 2.45) is 0 Å². The summed E-state index contributed by atoms with van der Waals surface area (Å²) in [6.07, 6.45) is -0.746. The van der Waals surface area contributed by atoms with E-state index in [4.69, 9.17) is 9.47 Å². The molecular formula is C23H21N3O4S. The van der Waals surface area contributed by atoms with Crippen LogP contribution in [0.3, 0.4) is 0 Å². The topological polar surface area (TPSA) is 80.8 Å². The summed E-state index contributed by atoms with van der Waals surface area (Å²) < 4.78 is 11.4. The van der Waals surface area contributed by atoms with Crippen molar-refractivity contribution in [3.05, 3.63) is 53.4 Å². The van der Waals surface area contributed by atoms with Crippen molar-refractivity contribution in [2.45, 2.75) is 25.4 Å². The van der Waals surface area contributed by atoms with E-state index in [1.54, 1.807) is 24.1 Å². The van der Waals surface area contributed by atoms with Gasteiger partial charge >= 0.3 is 0 Å². The maximum absolute atomic E-state index is 12.6. The monoisotopic (exact) mass is 435 g/mol. The van der Waals surface area contributed by atoms with E-state index in [0.29, 0.717) is 16.6 Å². The highest BCUT2D eigenvalue weighted by molar-refractivity contribution is 7.14. The second-order valence-electron chi connectivity index (χ2n) is 8.11. The molecule has 7 nitrogen and oxygen atoms in total. The van der Waals surface area contributed by atoms with Crippen LogP contribution in [-0.4, -0.2) is 36.6 Å². The molecule has 2 aliphatic rings. The Morgan fingerprint density at radius 3 is 2.81 bits per heavy atom. The summed E-state index contributed by atoms with van der Waals surface area (Å²) in [4.78, 5) is 31.4. The number of fused-ring (bicyclic) bond motifs is 2. The van der Waals surface area contributed by atoms with Crippen LogP contribution in [-0.2, 0) is 15.0 Å². The maximum Gasteiger partial charge on any atom is 0.270 e. The highest BCUT2D eigenvalue weighted by Gasteiger charge is 2.42.